The lowest BCUT2D eigenvalue weighted by Gasteiger charge is -2.20. The maximum absolute atomic E-state index is 5.75. The molecule has 0 aliphatic carbocycles. The molecule has 2 rings (SSSR count). The Hall–Kier alpha value is -1.32. The van der Waals surface area contributed by atoms with Gasteiger partial charge in [0.05, 0.1) is 6.61 Å². The zero-order valence-electron chi connectivity index (χ0n) is 11.6. The first kappa shape index (κ1) is 14.1. The molecule has 1 unspecified atom stereocenters. The van der Waals surface area contributed by atoms with Crippen molar-refractivity contribution < 1.29 is 4.74 Å². The summed E-state index contributed by atoms with van der Waals surface area (Å²) in [4.78, 5) is 1.40. The van der Waals surface area contributed by atoms with E-state index in [-0.39, 0.29) is 0 Å². The molecule has 3 heteroatoms. The Labute approximate surface area is 119 Å². The summed E-state index contributed by atoms with van der Waals surface area (Å²) in [5.74, 6) is 0.993. The highest BCUT2D eigenvalue weighted by atomic mass is 32.1. The molecule has 1 N–H and O–H groups in total. The highest BCUT2D eigenvalue weighted by Crippen LogP contribution is 2.28. The minimum Gasteiger partial charge on any atom is -0.494 e. The lowest BCUT2D eigenvalue weighted by atomic mass is 10.0. The molecule has 1 aromatic carbocycles. The average Bonchev–Trinajstić information content (AvgIpc) is 2.92. The van der Waals surface area contributed by atoms with Crippen LogP contribution in [0.5, 0.6) is 5.75 Å². The molecule has 0 aliphatic rings. The van der Waals surface area contributed by atoms with Crippen molar-refractivity contribution in [2.24, 2.45) is 0 Å². The van der Waals surface area contributed by atoms with Gasteiger partial charge in [-0.1, -0.05) is 31.2 Å². The first-order chi connectivity index (χ1) is 9.35. The van der Waals surface area contributed by atoms with Crippen LogP contribution in [0.15, 0.2) is 41.8 Å². The summed E-state index contributed by atoms with van der Waals surface area (Å²) in [6, 6.07) is 12.9. The third-order valence-electron chi connectivity index (χ3n) is 3.03. The molecule has 2 nitrogen and oxygen atoms in total. The van der Waals surface area contributed by atoms with Crippen molar-refractivity contribution in [3.63, 3.8) is 0 Å². The predicted octanol–water partition coefficient (Wildman–Crippen LogP) is 4.04. The summed E-state index contributed by atoms with van der Waals surface area (Å²) < 4.78 is 5.75. The van der Waals surface area contributed by atoms with Crippen LogP contribution in [0.2, 0.25) is 0 Å². The molecule has 102 valence electrons. The second-order valence-electron chi connectivity index (χ2n) is 4.36. The second-order valence-corrected chi connectivity index (χ2v) is 5.40. The van der Waals surface area contributed by atoms with Crippen LogP contribution < -0.4 is 10.1 Å². The van der Waals surface area contributed by atoms with E-state index in [0.29, 0.717) is 12.6 Å². The number of para-hydroxylation sites is 1. The highest BCUT2D eigenvalue weighted by molar-refractivity contribution is 7.09. The summed E-state index contributed by atoms with van der Waals surface area (Å²) in [7, 11) is 0. The lowest BCUT2D eigenvalue weighted by Crippen LogP contribution is -2.23. The zero-order chi connectivity index (χ0) is 13.5. The van der Waals surface area contributed by atoms with Crippen molar-refractivity contribution in [1.29, 1.82) is 0 Å². The summed E-state index contributed by atoms with van der Waals surface area (Å²) in [5, 5.41) is 5.69. The topological polar surface area (TPSA) is 21.3 Å². The molecule has 1 heterocycles. The van der Waals surface area contributed by atoms with Gasteiger partial charge in [-0.05, 0) is 31.0 Å². The fourth-order valence-electron chi connectivity index (χ4n) is 2.22. The van der Waals surface area contributed by atoms with Gasteiger partial charge in [-0.2, -0.15) is 0 Å². The minimum absolute atomic E-state index is 0.311. The molecule has 19 heavy (non-hydrogen) atoms. The molecule has 0 fully saturated rings. The molecular weight excluding hydrogens is 254 g/mol. The van der Waals surface area contributed by atoms with Gasteiger partial charge in [0.1, 0.15) is 5.75 Å². The molecule has 1 atom stereocenters. The molecule has 0 saturated heterocycles. The van der Waals surface area contributed by atoms with E-state index in [4.69, 9.17) is 4.74 Å². The number of nitrogens with one attached hydrogen (secondary N) is 1. The standard InChI is InChI=1S/C16H21NOS/c1-3-17-15(12-13-8-7-11-19-13)14-9-5-6-10-16(14)18-4-2/h5-11,15,17H,3-4,12H2,1-2H3. The summed E-state index contributed by atoms with van der Waals surface area (Å²) >= 11 is 1.81. The van der Waals surface area contributed by atoms with E-state index >= 15 is 0 Å². The normalized spacial score (nSPS) is 12.3. The third-order valence-corrected chi connectivity index (χ3v) is 3.93. The number of benzene rings is 1. The van der Waals surface area contributed by atoms with Crippen LogP contribution >= 0.6 is 11.3 Å². The van der Waals surface area contributed by atoms with Gasteiger partial charge < -0.3 is 10.1 Å². The molecule has 0 spiro atoms. The van der Waals surface area contributed by atoms with Crippen molar-refractivity contribution in [3.05, 3.63) is 52.2 Å². The Kier molecular flexibility index (Phi) is 5.43. The van der Waals surface area contributed by atoms with Crippen LogP contribution in [-0.4, -0.2) is 13.2 Å². The molecule has 0 radical (unpaired) electrons. The van der Waals surface area contributed by atoms with Crippen LogP contribution in [0.1, 0.15) is 30.3 Å². The van der Waals surface area contributed by atoms with Crippen LogP contribution in [-0.2, 0) is 6.42 Å². The van der Waals surface area contributed by atoms with E-state index in [9.17, 15) is 0 Å². The molecule has 0 aliphatic heterocycles. The number of thiophene rings is 1. The van der Waals surface area contributed by atoms with Crippen LogP contribution in [0.3, 0.4) is 0 Å². The van der Waals surface area contributed by atoms with Crippen molar-refractivity contribution in [3.8, 4) is 5.75 Å². The molecule has 0 bridgehead atoms. The smallest absolute Gasteiger partial charge is 0.124 e. The quantitative estimate of drug-likeness (QED) is 0.823. The Bertz CT molecular complexity index is 481. The summed E-state index contributed by atoms with van der Waals surface area (Å²) in [5.41, 5.74) is 1.25. The fraction of sp³-hybridized carbons (Fsp3) is 0.375. The van der Waals surface area contributed by atoms with Crippen LogP contribution in [0, 0.1) is 0 Å². The van der Waals surface area contributed by atoms with Crippen molar-refractivity contribution in [2.45, 2.75) is 26.3 Å². The van der Waals surface area contributed by atoms with E-state index in [1.54, 1.807) is 0 Å². The van der Waals surface area contributed by atoms with Gasteiger partial charge in [-0.3, -0.25) is 0 Å². The minimum atomic E-state index is 0.311. The largest absolute Gasteiger partial charge is 0.494 e. The molecular formula is C16H21NOS. The number of hydrogen-bond acceptors (Lipinski definition) is 3. The average molecular weight is 275 g/mol. The predicted molar refractivity (Wildman–Crippen MR) is 82.1 cm³/mol. The Morgan fingerprint density at radius 1 is 1.16 bits per heavy atom. The zero-order valence-corrected chi connectivity index (χ0v) is 12.4. The van der Waals surface area contributed by atoms with Gasteiger partial charge >= 0.3 is 0 Å². The van der Waals surface area contributed by atoms with Crippen LogP contribution in [0.25, 0.3) is 0 Å². The SMILES string of the molecule is CCNC(Cc1cccs1)c1ccccc1OCC. The number of rotatable bonds is 7. The van der Waals surface area contributed by atoms with Crippen molar-refractivity contribution >= 4 is 11.3 Å². The second kappa shape index (κ2) is 7.31. The first-order valence-corrected chi connectivity index (χ1v) is 7.70. The Morgan fingerprint density at radius 3 is 2.68 bits per heavy atom. The monoisotopic (exact) mass is 275 g/mol. The van der Waals surface area contributed by atoms with E-state index in [0.717, 1.165) is 18.7 Å². The van der Waals surface area contributed by atoms with E-state index in [2.05, 4.69) is 48.0 Å². The summed E-state index contributed by atoms with van der Waals surface area (Å²) in [6.07, 6.45) is 1.01. The maximum Gasteiger partial charge on any atom is 0.124 e. The van der Waals surface area contributed by atoms with Gasteiger partial charge in [0, 0.05) is 22.9 Å². The van der Waals surface area contributed by atoms with E-state index in [1.807, 2.05) is 24.3 Å². The highest BCUT2D eigenvalue weighted by Gasteiger charge is 2.16. The molecule has 0 saturated carbocycles. The van der Waals surface area contributed by atoms with Gasteiger partial charge in [-0.15, -0.1) is 11.3 Å². The molecule has 0 amide bonds. The molecule has 2 aromatic rings. The van der Waals surface area contributed by atoms with Gasteiger partial charge in [-0.25, -0.2) is 0 Å². The van der Waals surface area contributed by atoms with Gasteiger partial charge in [0.25, 0.3) is 0 Å². The van der Waals surface area contributed by atoms with Crippen molar-refractivity contribution in [2.75, 3.05) is 13.2 Å². The van der Waals surface area contributed by atoms with E-state index in [1.165, 1.54) is 10.4 Å². The van der Waals surface area contributed by atoms with Gasteiger partial charge in [0.2, 0.25) is 0 Å². The van der Waals surface area contributed by atoms with E-state index < -0.39 is 0 Å². The Balaban J connectivity index is 2.22. The maximum atomic E-state index is 5.75. The number of likely N-dealkylation sites (N-methyl/N-ethyl adjacent to an activating group) is 1. The summed E-state index contributed by atoms with van der Waals surface area (Å²) in [6.45, 7) is 5.83. The third kappa shape index (κ3) is 3.82. The van der Waals surface area contributed by atoms with Crippen LogP contribution in [0.4, 0.5) is 0 Å². The fourth-order valence-corrected chi connectivity index (χ4v) is 2.98. The number of hydrogen-bond donors (Lipinski definition) is 1. The lowest BCUT2D eigenvalue weighted by molar-refractivity contribution is 0.331. The van der Waals surface area contributed by atoms with Crippen molar-refractivity contribution in [1.82, 2.24) is 5.32 Å². The van der Waals surface area contributed by atoms with Gasteiger partial charge in [0.15, 0.2) is 0 Å². The number of ether oxygens (including phenoxy) is 1. The Morgan fingerprint density at radius 2 is 2.00 bits per heavy atom. The molecule has 1 aromatic heterocycles. The first-order valence-electron chi connectivity index (χ1n) is 6.82.